The van der Waals surface area contributed by atoms with Crippen LogP contribution in [-0.2, 0) is 10.0 Å². The van der Waals surface area contributed by atoms with E-state index in [1.807, 2.05) is 44.2 Å². The van der Waals surface area contributed by atoms with Crippen molar-refractivity contribution < 1.29 is 13.2 Å². The number of hydrogen-bond donors (Lipinski definition) is 0. The molecular formula is C21H21ClN2O3S2. The van der Waals surface area contributed by atoms with Crippen molar-refractivity contribution >= 4 is 39.1 Å². The van der Waals surface area contributed by atoms with Crippen LogP contribution in [0.25, 0.3) is 0 Å². The van der Waals surface area contributed by atoms with Crippen LogP contribution in [0.5, 0.6) is 5.75 Å². The minimum Gasteiger partial charge on any atom is -0.491 e. The molecule has 3 rings (SSSR count). The molecule has 5 nitrogen and oxygen atoms in total. The van der Waals surface area contributed by atoms with Gasteiger partial charge in [0.05, 0.1) is 21.7 Å². The summed E-state index contributed by atoms with van der Waals surface area (Å²) in [6, 6.07) is 17.6. The van der Waals surface area contributed by atoms with Gasteiger partial charge >= 0.3 is 0 Å². The molecule has 1 heterocycles. The molecule has 3 aromatic rings. The Kier molecular flexibility index (Phi) is 6.72. The number of sulfonamides is 1. The summed E-state index contributed by atoms with van der Waals surface area (Å²) in [7, 11) is -2.31. The van der Waals surface area contributed by atoms with Crippen LogP contribution in [-0.4, -0.2) is 26.6 Å². The molecule has 8 heteroatoms. The van der Waals surface area contributed by atoms with Gasteiger partial charge in [-0.3, -0.25) is 4.31 Å². The Morgan fingerprint density at radius 1 is 1.07 bits per heavy atom. The van der Waals surface area contributed by atoms with Crippen molar-refractivity contribution in [2.45, 2.75) is 34.8 Å². The van der Waals surface area contributed by atoms with E-state index in [2.05, 4.69) is 4.98 Å². The van der Waals surface area contributed by atoms with Crippen LogP contribution >= 0.6 is 23.4 Å². The third kappa shape index (κ3) is 5.23. The Labute approximate surface area is 180 Å². The molecule has 0 saturated carbocycles. The zero-order chi connectivity index (χ0) is 21.0. The molecule has 2 aromatic carbocycles. The molecule has 0 aliphatic carbocycles. The number of hydrogen-bond acceptors (Lipinski definition) is 5. The first-order chi connectivity index (χ1) is 13.8. The fourth-order valence-electron chi connectivity index (χ4n) is 2.57. The summed E-state index contributed by atoms with van der Waals surface area (Å²) in [5, 5.41) is 0.909. The third-order valence-electron chi connectivity index (χ3n) is 3.95. The van der Waals surface area contributed by atoms with E-state index in [4.69, 9.17) is 16.3 Å². The molecule has 0 unspecified atom stereocenters. The number of pyridine rings is 1. The van der Waals surface area contributed by atoms with E-state index >= 15 is 0 Å². The van der Waals surface area contributed by atoms with Gasteiger partial charge in [0.25, 0.3) is 10.0 Å². The second-order valence-electron chi connectivity index (χ2n) is 6.50. The first kappa shape index (κ1) is 21.5. The predicted octanol–water partition coefficient (Wildman–Crippen LogP) is 5.50. The summed E-state index contributed by atoms with van der Waals surface area (Å²) in [6.45, 7) is 3.83. The number of aromatic nitrogens is 1. The van der Waals surface area contributed by atoms with Gasteiger partial charge in [0, 0.05) is 18.1 Å². The lowest BCUT2D eigenvalue weighted by Gasteiger charge is -2.22. The van der Waals surface area contributed by atoms with Crippen LogP contribution in [0, 0.1) is 0 Å². The van der Waals surface area contributed by atoms with Crippen molar-refractivity contribution in [1.29, 1.82) is 0 Å². The van der Waals surface area contributed by atoms with Gasteiger partial charge in [-0.2, -0.15) is 0 Å². The molecule has 0 atom stereocenters. The highest BCUT2D eigenvalue weighted by Crippen LogP contribution is 2.36. The lowest BCUT2D eigenvalue weighted by atomic mass is 10.3. The summed E-state index contributed by atoms with van der Waals surface area (Å²) in [4.78, 5) is 5.46. The molecule has 0 bridgehead atoms. The molecule has 0 amide bonds. The van der Waals surface area contributed by atoms with Crippen molar-refractivity contribution in [2.24, 2.45) is 0 Å². The van der Waals surface area contributed by atoms with Crippen molar-refractivity contribution in [3.05, 3.63) is 71.9 Å². The van der Waals surface area contributed by atoms with Gasteiger partial charge in [-0.25, -0.2) is 13.4 Å². The largest absolute Gasteiger partial charge is 0.491 e. The zero-order valence-corrected chi connectivity index (χ0v) is 18.6. The molecule has 0 fully saturated rings. The molecule has 0 spiro atoms. The fourth-order valence-corrected chi connectivity index (χ4v) is 4.90. The number of rotatable bonds is 7. The number of halogens is 1. The Morgan fingerprint density at radius 3 is 2.34 bits per heavy atom. The first-order valence-electron chi connectivity index (χ1n) is 8.91. The van der Waals surface area contributed by atoms with Gasteiger partial charge in [0.1, 0.15) is 10.8 Å². The summed E-state index contributed by atoms with van der Waals surface area (Å²) in [5.74, 6) is 0.617. The standard InChI is InChI=1S/C21H21ClN2O3S2/c1-15(2)27-17-9-11-19(12-10-17)29(25,26)24(3)20-13-16(22)14-23-21(20)28-18-7-5-4-6-8-18/h4-15H,1-3H3. The average Bonchev–Trinajstić information content (AvgIpc) is 2.69. The van der Waals surface area contributed by atoms with Gasteiger partial charge < -0.3 is 4.74 Å². The first-order valence-corrected chi connectivity index (χ1v) is 11.5. The van der Waals surface area contributed by atoms with Crippen molar-refractivity contribution in [3.8, 4) is 5.75 Å². The Hall–Kier alpha value is -2.22. The maximum Gasteiger partial charge on any atom is 0.264 e. The molecule has 0 aliphatic rings. The predicted molar refractivity (Wildman–Crippen MR) is 118 cm³/mol. The second-order valence-corrected chi connectivity index (χ2v) is 9.97. The van der Waals surface area contributed by atoms with E-state index in [0.717, 1.165) is 4.90 Å². The molecule has 0 aliphatic heterocycles. The van der Waals surface area contributed by atoms with Gasteiger partial charge in [0.2, 0.25) is 0 Å². The van der Waals surface area contributed by atoms with Crippen molar-refractivity contribution in [2.75, 3.05) is 11.4 Å². The van der Waals surface area contributed by atoms with Crippen LogP contribution in [0.1, 0.15) is 13.8 Å². The number of anilines is 1. The van der Waals surface area contributed by atoms with Gasteiger partial charge in [0.15, 0.2) is 0 Å². The van der Waals surface area contributed by atoms with E-state index in [1.165, 1.54) is 41.4 Å². The second kappa shape index (κ2) is 9.07. The zero-order valence-electron chi connectivity index (χ0n) is 16.2. The summed E-state index contributed by atoms with van der Waals surface area (Å²) in [5.41, 5.74) is 0.411. The topological polar surface area (TPSA) is 59.5 Å². The van der Waals surface area contributed by atoms with Crippen molar-refractivity contribution in [3.63, 3.8) is 0 Å². The monoisotopic (exact) mass is 448 g/mol. The molecule has 0 radical (unpaired) electrons. The minimum atomic E-state index is -3.80. The highest BCUT2D eigenvalue weighted by Gasteiger charge is 2.25. The highest BCUT2D eigenvalue weighted by atomic mass is 35.5. The minimum absolute atomic E-state index is 0.00948. The summed E-state index contributed by atoms with van der Waals surface area (Å²) >= 11 is 7.50. The summed E-state index contributed by atoms with van der Waals surface area (Å²) < 4.78 is 33.2. The Morgan fingerprint density at radius 2 is 1.72 bits per heavy atom. The average molecular weight is 449 g/mol. The van der Waals surface area contributed by atoms with E-state index in [0.29, 0.717) is 21.5 Å². The van der Waals surface area contributed by atoms with Crippen LogP contribution in [0.15, 0.2) is 81.7 Å². The van der Waals surface area contributed by atoms with E-state index in [-0.39, 0.29) is 11.0 Å². The maximum atomic E-state index is 13.2. The summed E-state index contributed by atoms with van der Waals surface area (Å²) in [6.07, 6.45) is 1.52. The molecule has 1 aromatic heterocycles. The highest BCUT2D eigenvalue weighted by molar-refractivity contribution is 7.99. The molecular weight excluding hydrogens is 428 g/mol. The lowest BCUT2D eigenvalue weighted by Crippen LogP contribution is -2.27. The van der Waals surface area contributed by atoms with Gasteiger partial charge in [-0.15, -0.1) is 0 Å². The van der Waals surface area contributed by atoms with Crippen LogP contribution in [0.4, 0.5) is 5.69 Å². The third-order valence-corrected chi connectivity index (χ3v) is 6.96. The number of benzene rings is 2. The molecule has 0 saturated heterocycles. The number of ether oxygens (including phenoxy) is 1. The Balaban J connectivity index is 1.94. The Bertz CT molecular complexity index is 1070. The van der Waals surface area contributed by atoms with Crippen molar-refractivity contribution in [1.82, 2.24) is 4.98 Å². The van der Waals surface area contributed by atoms with E-state index in [1.54, 1.807) is 18.2 Å². The van der Waals surface area contributed by atoms with Gasteiger partial charge in [-0.05, 0) is 56.3 Å². The lowest BCUT2D eigenvalue weighted by molar-refractivity contribution is 0.242. The SMILES string of the molecule is CC(C)Oc1ccc(S(=O)(=O)N(C)c2cc(Cl)cnc2Sc2ccccc2)cc1. The smallest absolute Gasteiger partial charge is 0.264 e. The fraction of sp³-hybridized carbons (Fsp3) is 0.190. The van der Waals surface area contributed by atoms with E-state index in [9.17, 15) is 8.42 Å². The van der Waals surface area contributed by atoms with Crippen LogP contribution < -0.4 is 9.04 Å². The maximum absolute atomic E-state index is 13.2. The normalized spacial score (nSPS) is 11.5. The quantitative estimate of drug-likeness (QED) is 0.477. The van der Waals surface area contributed by atoms with E-state index < -0.39 is 10.0 Å². The number of nitrogens with zero attached hydrogens (tertiary/aromatic N) is 2. The molecule has 152 valence electrons. The van der Waals surface area contributed by atoms with Gasteiger partial charge in [-0.1, -0.05) is 41.6 Å². The van der Waals surface area contributed by atoms with Crippen LogP contribution in [0.2, 0.25) is 5.02 Å². The van der Waals surface area contributed by atoms with Crippen LogP contribution in [0.3, 0.4) is 0 Å². The molecule has 29 heavy (non-hydrogen) atoms. The molecule has 0 N–H and O–H groups in total.